The molecule has 0 saturated carbocycles. The van der Waals surface area contributed by atoms with E-state index in [9.17, 15) is 23.1 Å². The van der Waals surface area contributed by atoms with Crippen molar-refractivity contribution in [1.29, 1.82) is 5.26 Å². The smallest absolute Gasteiger partial charge is 0.326 e. The van der Waals surface area contributed by atoms with Gasteiger partial charge in [0.05, 0.1) is 27.4 Å². The molecular weight excluding hydrogens is 934 g/mol. The van der Waals surface area contributed by atoms with Crippen molar-refractivity contribution in [3.05, 3.63) is 152 Å². The van der Waals surface area contributed by atoms with Crippen molar-refractivity contribution in [3.63, 3.8) is 0 Å². The number of hydrogen-bond donors (Lipinski definition) is 3. The molecule has 67 heavy (non-hydrogen) atoms. The lowest BCUT2D eigenvalue weighted by atomic mass is 9.94. The van der Waals surface area contributed by atoms with E-state index in [2.05, 4.69) is 35.5 Å². The second-order valence-corrected chi connectivity index (χ2v) is 20.8. The Morgan fingerprint density at radius 2 is 1.63 bits per heavy atom. The Balaban J connectivity index is 1.03. The summed E-state index contributed by atoms with van der Waals surface area (Å²) in [5.41, 5.74) is 6.19. The molecule has 0 aliphatic carbocycles. The molecule has 0 spiro atoms. The first-order valence-corrected chi connectivity index (χ1v) is 24.6. The monoisotopic (exact) mass is 979 g/mol. The molecule has 2 aliphatic rings. The lowest BCUT2D eigenvalue weighted by Gasteiger charge is -2.36. The summed E-state index contributed by atoms with van der Waals surface area (Å²) >= 11 is 13.2. The second-order valence-electron chi connectivity index (χ2n) is 16.9. The van der Waals surface area contributed by atoms with Crippen LogP contribution >= 0.6 is 34.5 Å². The highest BCUT2D eigenvalue weighted by atomic mass is 35.5. The van der Waals surface area contributed by atoms with Gasteiger partial charge in [0.15, 0.2) is 26.9 Å². The number of fused-ring (bicyclic) bond motifs is 2. The van der Waals surface area contributed by atoms with Crippen LogP contribution in [0.15, 0.2) is 107 Å². The molecule has 0 saturated heterocycles. The molecule has 0 bridgehead atoms. The van der Waals surface area contributed by atoms with Crippen molar-refractivity contribution < 1.29 is 37.3 Å². The fraction of sp³-hybridized carbons (Fsp3) is 0.280. The van der Waals surface area contributed by atoms with Crippen molar-refractivity contribution in [2.75, 3.05) is 18.5 Å². The number of rotatable bonds is 16. The maximum absolute atomic E-state index is 14.8. The fourth-order valence-corrected chi connectivity index (χ4v) is 11.3. The molecule has 1 amide bonds. The van der Waals surface area contributed by atoms with Gasteiger partial charge in [-0.05, 0) is 113 Å². The van der Waals surface area contributed by atoms with E-state index in [1.165, 1.54) is 0 Å². The van der Waals surface area contributed by atoms with Crippen LogP contribution in [0.1, 0.15) is 65.4 Å². The Kier molecular flexibility index (Phi) is 14.4. The quantitative estimate of drug-likeness (QED) is 0.0840. The van der Waals surface area contributed by atoms with Gasteiger partial charge in [-0.3, -0.25) is 4.79 Å². The molecule has 6 aromatic rings. The van der Waals surface area contributed by atoms with E-state index >= 15 is 0 Å². The summed E-state index contributed by atoms with van der Waals surface area (Å²) in [7, 11) is -4.38. The molecule has 0 radical (unpaired) electrons. The summed E-state index contributed by atoms with van der Waals surface area (Å²) in [6, 6.07) is 30.1. The molecule has 8 rings (SSSR count). The van der Waals surface area contributed by atoms with Crippen LogP contribution in [0.4, 0.5) is 5.13 Å². The molecular formula is C50H47Cl2N5O8S2. The van der Waals surface area contributed by atoms with E-state index in [1.807, 2.05) is 54.6 Å². The van der Waals surface area contributed by atoms with Gasteiger partial charge in [-0.25, -0.2) is 18.2 Å². The molecule has 3 atom stereocenters. The molecule has 17 heteroatoms. The zero-order valence-corrected chi connectivity index (χ0v) is 39.9. The molecule has 5 aromatic carbocycles. The number of nitrogens with one attached hydrogen (secondary N) is 2. The number of halogens is 2. The normalized spacial score (nSPS) is 16.1. The van der Waals surface area contributed by atoms with Gasteiger partial charge in [-0.1, -0.05) is 103 Å². The van der Waals surface area contributed by atoms with Crippen LogP contribution in [0, 0.1) is 24.2 Å². The average molecular weight is 981 g/mol. The van der Waals surface area contributed by atoms with Crippen LogP contribution in [0.3, 0.4) is 0 Å². The van der Waals surface area contributed by atoms with Crippen LogP contribution in [-0.4, -0.2) is 59.9 Å². The Labute approximate surface area is 403 Å². The molecule has 3 unspecified atom stereocenters. The molecule has 3 N–H and O–H groups in total. The minimum Gasteiger partial charge on any atom is -0.489 e. The van der Waals surface area contributed by atoms with E-state index < -0.39 is 40.1 Å². The van der Waals surface area contributed by atoms with Gasteiger partial charge >= 0.3 is 5.97 Å². The maximum atomic E-state index is 14.8. The zero-order chi connectivity index (χ0) is 47.4. The van der Waals surface area contributed by atoms with Crippen LogP contribution in [0.2, 0.25) is 10.0 Å². The number of nitrogens with zero attached hydrogens (tertiary/aromatic N) is 3. The van der Waals surface area contributed by atoms with Crippen molar-refractivity contribution in [2.45, 2.75) is 75.6 Å². The van der Waals surface area contributed by atoms with Gasteiger partial charge in [-0.15, -0.1) is 0 Å². The number of aliphatic carboxylic acids is 1. The van der Waals surface area contributed by atoms with Gasteiger partial charge < -0.3 is 30.0 Å². The standard InChI is InChI=1S/C50H47Cl2N5O8S2/c1-29(2)18-19-54-50-55-30(3)49(66-50)67(61,62)57-26-38-24-45-44(64-28-46(65-45)36-13-15-39(16-14-36)63-27-33-8-17-40(51)41(52)20-33)23-37(38)22-43(57)47(58)56-42(48(59)60)21-31-4-9-34(10-5-31)35-11-6-32(25-53)7-12-35/h4-17,20,23-24,29,42-43,46H,18-19,21-22,26-28H2,1-3H3,(H,54,55)(H,56,58)(H,59,60). The van der Waals surface area contributed by atoms with Crippen LogP contribution in [0.25, 0.3) is 11.1 Å². The first-order valence-electron chi connectivity index (χ1n) is 21.6. The van der Waals surface area contributed by atoms with Crippen molar-refractivity contribution in [2.24, 2.45) is 5.92 Å². The third-order valence-electron chi connectivity index (χ3n) is 11.6. The van der Waals surface area contributed by atoms with E-state index in [1.54, 1.807) is 55.5 Å². The number of carboxylic acids is 1. The largest absolute Gasteiger partial charge is 0.489 e. The van der Waals surface area contributed by atoms with Gasteiger partial charge in [0.2, 0.25) is 5.91 Å². The Hall–Kier alpha value is -6.15. The Morgan fingerprint density at radius 1 is 0.940 bits per heavy atom. The van der Waals surface area contributed by atoms with Crippen LogP contribution < -0.4 is 24.8 Å². The van der Waals surface area contributed by atoms with Crippen LogP contribution in [0.5, 0.6) is 17.2 Å². The minimum absolute atomic E-state index is 0.0140. The van der Waals surface area contributed by atoms with Gasteiger partial charge in [0, 0.05) is 19.5 Å². The average Bonchev–Trinajstić information content (AvgIpc) is 3.71. The SMILES string of the molecule is Cc1nc(NCCC(C)C)sc1S(=O)(=O)N1Cc2cc3c(cc2CC1C(=O)NC(Cc1ccc(-c2ccc(C#N)cc2)cc1)C(=O)O)OCC(c1ccc(OCc2ccc(Cl)c(Cl)c2)cc1)O3. The zero-order valence-electron chi connectivity index (χ0n) is 36.8. The number of hydrogen-bond acceptors (Lipinski definition) is 11. The number of anilines is 1. The number of nitriles is 1. The molecule has 0 fully saturated rings. The molecule has 346 valence electrons. The van der Waals surface area contributed by atoms with Crippen molar-refractivity contribution in [1.82, 2.24) is 14.6 Å². The van der Waals surface area contributed by atoms with Gasteiger partial charge in [-0.2, -0.15) is 9.57 Å². The first-order chi connectivity index (χ1) is 32.1. The lowest BCUT2D eigenvalue weighted by Crippen LogP contribution is -2.55. The number of carboxylic acid groups (broad SMARTS) is 1. The lowest BCUT2D eigenvalue weighted by molar-refractivity contribution is -0.142. The highest BCUT2D eigenvalue weighted by Gasteiger charge is 2.43. The summed E-state index contributed by atoms with van der Waals surface area (Å²) in [6.45, 7) is 6.69. The predicted octanol–water partition coefficient (Wildman–Crippen LogP) is 9.77. The van der Waals surface area contributed by atoms with E-state index in [0.717, 1.165) is 44.3 Å². The number of aromatic nitrogens is 1. The molecule has 3 heterocycles. The molecule has 13 nitrogen and oxygen atoms in total. The van der Waals surface area contributed by atoms with E-state index in [4.69, 9.17) is 42.7 Å². The van der Waals surface area contributed by atoms with E-state index in [0.29, 0.717) is 73.7 Å². The van der Waals surface area contributed by atoms with Crippen molar-refractivity contribution >= 4 is 61.6 Å². The minimum atomic E-state index is -4.38. The summed E-state index contributed by atoms with van der Waals surface area (Å²) in [4.78, 5) is 31.7. The number of aryl methyl sites for hydroxylation is 1. The predicted molar refractivity (Wildman–Crippen MR) is 257 cm³/mol. The summed E-state index contributed by atoms with van der Waals surface area (Å²) in [5, 5.41) is 26.8. The van der Waals surface area contributed by atoms with Gasteiger partial charge in [0.1, 0.15) is 31.0 Å². The number of carbonyl (C=O) groups excluding carboxylic acids is 1. The molecule has 2 aliphatic heterocycles. The van der Waals surface area contributed by atoms with E-state index in [-0.39, 0.29) is 35.9 Å². The van der Waals surface area contributed by atoms with Crippen LogP contribution in [-0.2, 0) is 45.6 Å². The number of amides is 1. The summed E-state index contributed by atoms with van der Waals surface area (Å²) in [6.07, 6.45) is 0.250. The molecule has 1 aromatic heterocycles. The topological polar surface area (TPSA) is 180 Å². The highest BCUT2D eigenvalue weighted by molar-refractivity contribution is 7.91. The second kappa shape index (κ2) is 20.4. The highest BCUT2D eigenvalue weighted by Crippen LogP contribution is 2.43. The third kappa shape index (κ3) is 11.0. The third-order valence-corrected chi connectivity index (χ3v) is 15.9. The number of sulfonamides is 1. The summed E-state index contributed by atoms with van der Waals surface area (Å²) in [5.74, 6) is -0.111. The Morgan fingerprint density at radius 3 is 2.30 bits per heavy atom. The van der Waals surface area contributed by atoms with Gasteiger partial charge in [0.25, 0.3) is 10.0 Å². The number of thiazole rings is 1. The van der Waals surface area contributed by atoms with Crippen molar-refractivity contribution in [3.8, 4) is 34.4 Å². The first kappa shape index (κ1) is 47.3. The number of ether oxygens (including phenoxy) is 3. The summed E-state index contributed by atoms with van der Waals surface area (Å²) < 4.78 is 49.4. The Bertz CT molecular complexity index is 2940. The fourth-order valence-electron chi connectivity index (χ4n) is 7.89. The maximum Gasteiger partial charge on any atom is 0.326 e. The number of carbonyl (C=O) groups is 2. The number of benzene rings is 5.